The van der Waals surface area contributed by atoms with Gasteiger partial charge in [0.05, 0.1) is 54.1 Å². The first-order valence-corrected chi connectivity index (χ1v) is 14.9. The maximum Gasteiger partial charge on any atom is 0.337 e. The number of esters is 1. The number of fused-ring (bicyclic) bond motifs is 5. The SMILES string of the molecule is COC(=O)c1ccc2nc3n(c2c1)C(C1CCO1)C1CN(c2cccc4c2OC(c2ccc(Cl)cc2F)CO4)CCN1C3. The highest BCUT2D eigenvalue weighted by atomic mass is 35.5. The quantitative estimate of drug-likeness (QED) is 0.296. The second kappa shape index (κ2) is 10.4. The Morgan fingerprint density at radius 3 is 2.81 bits per heavy atom. The Labute approximate surface area is 252 Å². The molecule has 43 heavy (non-hydrogen) atoms. The van der Waals surface area contributed by atoms with Gasteiger partial charge in [-0.1, -0.05) is 23.7 Å². The minimum atomic E-state index is -0.595. The number of methoxy groups -OCH3 is 1. The molecule has 0 amide bonds. The summed E-state index contributed by atoms with van der Waals surface area (Å²) < 4.78 is 40.8. The summed E-state index contributed by atoms with van der Waals surface area (Å²) in [5, 5.41) is 0.338. The minimum Gasteiger partial charge on any atom is -0.485 e. The fraction of sp³-hybridized carbons (Fsp3) is 0.375. The Kier molecular flexibility index (Phi) is 6.47. The van der Waals surface area contributed by atoms with E-state index in [2.05, 4.69) is 14.4 Å². The van der Waals surface area contributed by atoms with E-state index < -0.39 is 11.9 Å². The molecule has 8 rings (SSSR count). The molecule has 9 nitrogen and oxygen atoms in total. The highest BCUT2D eigenvalue weighted by Crippen LogP contribution is 2.46. The number of hydrogen-bond acceptors (Lipinski definition) is 8. The van der Waals surface area contributed by atoms with E-state index in [9.17, 15) is 9.18 Å². The predicted octanol–water partition coefficient (Wildman–Crippen LogP) is 5.16. The third kappa shape index (κ3) is 4.42. The zero-order valence-electron chi connectivity index (χ0n) is 23.5. The molecule has 0 radical (unpaired) electrons. The minimum absolute atomic E-state index is 0.00538. The van der Waals surface area contributed by atoms with E-state index >= 15 is 0 Å². The van der Waals surface area contributed by atoms with Crippen LogP contribution in [0.25, 0.3) is 11.0 Å². The molecule has 11 heteroatoms. The smallest absolute Gasteiger partial charge is 0.337 e. The molecule has 4 aliphatic heterocycles. The number of carbonyl (C=O) groups excluding carboxylic acids is 1. The van der Waals surface area contributed by atoms with Gasteiger partial charge < -0.3 is 28.4 Å². The second-order valence-electron chi connectivity index (χ2n) is 11.5. The number of benzene rings is 3. The molecule has 2 fully saturated rings. The van der Waals surface area contributed by atoms with Crippen molar-refractivity contribution in [2.75, 3.05) is 44.9 Å². The van der Waals surface area contributed by atoms with Gasteiger partial charge >= 0.3 is 5.97 Å². The van der Waals surface area contributed by atoms with Gasteiger partial charge in [-0.05, 0) is 48.9 Å². The monoisotopic (exact) mass is 604 g/mol. The van der Waals surface area contributed by atoms with Gasteiger partial charge in [-0.25, -0.2) is 14.2 Å². The van der Waals surface area contributed by atoms with Gasteiger partial charge in [0.1, 0.15) is 18.2 Å². The van der Waals surface area contributed by atoms with E-state index in [0.717, 1.165) is 55.2 Å². The Morgan fingerprint density at radius 1 is 1.14 bits per heavy atom. The van der Waals surface area contributed by atoms with E-state index in [1.54, 1.807) is 18.2 Å². The van der Waals surface area contributed by atoms with Crippen LogP contribution in [0.2, 0.25) is 5.02 Å². The molecule has 0 aliphatic carbocycles. The van der Waals surface area contributed by atoms with Crippen molar-refractivity contribution in [3.05, 3.63) is 82.4 Å². The van der Waals surface area contributed by atoms with Crippen LogP contribution in [0, 0.1) is 5.82 Å². The zero-order valence-corrected chi connectivity index (χ0v) is 24.3. The highest BCUT2D eigenvalue weighted by molar-refractivity contribution is 6.30. The number of carbonyl (C=O) groups is 1. The number of hydrogen-bond donors (Lipinski definition) is 0. The average Bonchev–Trinajstić information content (AvgIpc) is 3.36. The lowest BCUT2D eigenvalue weighted by Gasteiger charge is -2.52. The summed E-state index contributed by atoms with van der Waals surface area (Å²) in [5.74, 6) is 1.45. The molecule has 4 unspecified atom stereocenters. The molecule has 0 bridgehead atoms. The van der Waals surface area contributed by atoms with Crippen molar-refractivity contribution in [2.24, 2.45) is 0 Å². The summed E-state index contributed by atoms with van der Waals surface area (Å²) in [6.07, 6.45) is 0.394. The van der Waals surface area contributed by atoms with Crippen molar-refractivity contribution in [1.82, 2.24) is 14.5 Å². The Morgan fingerprint density at radius 2 is 2.02 bits per heavy atom. The maximum absolute atomic E-state index is 14.8. The van der Waals surface area contributed by atoms with Crippen LogP contribution >= 0.6 is 11.6 Å². The molecule has 0 saturated carbocycles. The van der Waals surface area contributed by atoms with Crippen LogP contribution in [-0.4, -0.2) is 72.5 Å². The largest absolute Gasteiger partial charge is 0.485 e. The van der Waals surface area contributed by atoms with Crippen molar-refractivity contribution in [2.45, 2.75) is 37.3 Å². The normalized spacial score (nSPS) is 24.7. The molecule has 2 saturated heterocycles. The number of aromatic nitrogens is 2. The molecule has 222 valence electrons. The van der Waals surface area contributed by atoms with Gasteiger partial charge in [0.2, 0.25) is 0 Å². The summed E-state index contributed by atoms with van der Waals surface area (Å²) in [5.41, 5.74) is 3.59. The van der Waals surface area contributed by atoms with Crippen LogP contribution in [0.1, 0.15) is 40.3 Å². The topological polar surface area (TPSA) is 78.3 Å². The van der Waals surface area contributed by atoms with Crippen molar-refractivity contribution in [3.63, 3.8) is 0 Å². The Bertz CT molecular complexity index is 1740. The van der Waals surface area contributed by atoms with Gasteiger partial charge in [0.25, 0.3) is 0 Å². The Balaban J connectivity index is 1.14. The number of halogens is 2. The number of piperazine rings is 1. The summed E-state index contributed by atoms with van der Waals surface area (Å²) >= 11 is 6.00. The fourth-order valence-corrected chi connectivity index (χ4v) is 7.11. The van der Waals surface area contributed by atoms with E-state index in [-0.39, 0.29) is 30.8 Å². The molecule has 1 aromatic heterocycles. The van der Waals surface area contributed by atoms with E-state index in [1.165, 1.54) is 13.2 Å². The van der Waals surface area contributed by atoms with Crippen LogP contribution in [0.4, 0.5) is 10.1 Å². The number of rotatable bonds is 4. The summed E-state index contributed by atoms with van der Waals surface area (Å²) in [6.45, 7) is 3.96. The standard InChI is InChI=1S/C32H30ClFN4O5/c1-40-32(39)18-5-8-22-24(13-18)38-29(35-22)16-37-11-10-36(15-25(37)30(38)26-9-12-41-26)23-3-2-4-27-31(23)43-28(17-42-27)20-7-6-19(33)14-21(20)34/h2-8,13-14,25-26,28,30H,9-12,15-17H2,1H3. The Hall–Kier alpha value is -3.86. The van der Waals surface area contributed by atoms with E-state index in [4.69, 9.17) is 35.5 Å². The van der Waals surface area contributed by atoms with Gasteiger partial charge in [-0.3, -0.25) is 4.90 Å². The van der Waals surface area contributed by atoms with Crippen molar-refractivity contribution in [3.8, 4) is 11.5 Å². The third-order valence-electron chi connectivity index (χ3n) is 9.13. The van der Waals surface area contributed by atoms with Gasteiger partial charge in [-0.15, -0.1) is 0 Å². The first-order valence-electron chi connectivity index (χ1n) is 14.6. The number of ether oxygens (including phenoxy) is 4. The first kappa shape index (κ1) is 26.7. The van der Waals surface area contributed by atoms with Gasteiger partial charge in [0.15, 0.2) is 17.6 Å². The van der Waals surface area contributed by atoms with Crippen molar-refractivity contribution >= 4 is 34.3 Å². The molecule has 3 aromatic carbocycles. The predicted molar refractivity (Wildman–Crippen MR) is 158 cm³/mol. The molecule has 4 aromatic rings. The third-order valence-corrected chi connectivity index (χ3v) is 9.36. The van der Waals surface area contributed by atoms with Gasteiger partial charge in [0, 0.05) is 36.8 Å². The van der Waals surface area contributed by atoms with Crippen LogP contribution in [-0.2, 0) is 16.0 Å². The molecule has 4 aliphatic rings. The molecule has 0 N–H and O–H groups in total. The van der Waals surface area contributed by atoms with E-state index in [1.807, 2.05) is 30.3 Å². The number of nitrogens with zero attached hydrogens (tertiary/aromatic N) is 4. The van der Waals surface area contributed by atoms with Crippen molar-refractivity contribution in [1.29, 1.82) is 0 Å². The van der Waals surface area contributed by atoms with Gasteiger partial charge in [-0.2, -0.15) is 0 Å². The molecule has 5 heterocycles. The lowest BCUT2D eigenvalue weighted by molar-refractivity contribution is -0.107. The van der Waals surface area contributed by atoms with Crippen LogP contribution in [0.3, 0.4) is 0 Å². The second-order valence-corrected chi connectivity index (χ2v) is 11.9. The summed E-state index contributed by atoms with van der Waals surface area (Å²) in [4.78, 5) is 22.2. The maximum atomic E-state index is 14.8. The average molecular weight is 605 g/mol. The molecule has 4 atom stereocenters. The summed E-state index contributed by atoms with van der Waals surface area (Å²) in [6, 6.07) is 16.2. The molecule has 0 spiro atoms. The molecular formula is C32H30ClFN4O5. The van der Waals surface area contributed by atoms with E-state index in [0.29, 0.717) is 34.2 Å². The number of para-hydroxylation sites is 1. The summed E-state index contributed by atoms with van der Waals surface area (Å²) in [7, 11) is 1.39. The highest BCUT2D eigenvalue weighted by Gasteiger charge is 2.46. The fourth-order valence-electron chi connectivity index (χ4n) is 6.95. The first-order chi connectivity index (χ1) is 21.0. The molecular weight excluding hydrogens is 575 g/mol. The lowest BCUT2D eigenvalue weighted by atomic mass is 9.91. The zero-order chi connectivity index (χ0) is 29.2. The number of imidazole rings is 1. The van der Waals surface area contributed by atoms with Crippen molar-refractivity contribution < 1.29 is 28.1 Å². The lowest BCUT2D eigenvalue weighted by Crippen LogP contribution is -2.61. The van der Waals surface area contributed by atoms with Crippen LogP contribution < -0.4 is 14.4 Å². The van der Waals surface area contributed by atoms with Crippen LogP contribution in [0.5, 0.6) is 11.5 Å². The van der Waals surface area contributed by atoms with Crippen LogP contribution in [0.15, 0.2) is 54.6 Å². The number of anilines is 1.